The van der Waals surface area contributed by atoms with Crippen molar-refractivity contribution in [2.75, 3.05) is 6.54 Å². The first-order chi connectivity index (χ1) is 8.63. The van der Waals surface area contributed by atoms with Crippen LogP contribution in [0.15, 0.2) is 38.6 Å². The summed E-state index contributed by atoms with van der Waals surface area (Å²) >= 11 is 9.07. The summed E-state index contributed by atoms with van der Waals surface area (Å²) in [5.41, 5.74) is 2.57. The third-order valence-corrected chi connectivity index (χ3v) is 5.44. The maximum absolute atomic E-state index is 3.66. The van der Waals surface area contributed by atoms with Gasteiger partial charge in [-0.05, 0) is 52.5 Å². The predicted octanol–water partition coefficient (Wildman–Crippen LogP) is 5.28. The van der Waals surface area contributed by atoms with Crippen LogP contribution in [0, 0.1) is 6.92 Å². The summed E-state index contributed by atoms with van der Waals surface area (Å²) in [5, 5.41) is 5.68. The monoisotopic (exact) mass is 387 g/mol. The summed E-state index contributed by atoms with van der Waals surface area (Å²) < 4.78 is 2.33. The Morgan fingerprint density at radius 3 is 2.61 bits per heavy atom. The SMILES string of the molecule is CCNC(c1cc(C)ccc1Br)c1sccc1Br. The first-order valence-electron chi connectivity index (χ1n) is 5.85. The second-order valence-corrected chi connectivity index (χ2v) is 6.80. The van der Waals surface area contributed by atoms with Crippen molar-refractivity contribution in [2.45, 2.75) is 19.9 Å². The Kier molecular flexibility index (Phi) is 5.01. The molecule has 0 amide bonds. The number of hydrogen-bond acceptors (Lipinski definition) is 2. The van der Waals surface area contributed by atoms with E-state index >= 15 is 0 Å². The van der Waals surface area contributed by atoms with Gasteiger partial charge in [0.15, 0.2) is 0 Å². The van der Waals surface area contributed by atoms with E-state index in [1.807, 2.05) is 0 Å². The van der Waals surface area contributed by atoms with Crippen molar-refractivity contribution in [1.82, 2.24) is 5.32 Å². The van der Waals surface area contributed by atoms with Gasteiger partial charge in [0.2, 0.25) is 0 Å². The molecule has 0 aliphatic carbocycles. The van der Waals surface area contributed by atoms with Crippen LogP contribution in [-0.2, 0) is 0 Å². The van der Waals surface area contributed by atoms with Crippen LogP contribution >= 0.6 is 43.2 Å². The lowest BCUT2D eigenvalue weighted by Crippen LogP contribution is -2.21. The normalized spacial score (nSPS) is 12.7. The third kappa shape index (κ3) is 3.05. The predicted molar refractivity (Wildman–Crippen MR) is 86.4 cm³/mol. The highest BCUT2D eigenvalue weighted by Crippen LogP contribution is 2.36. The van der Waals surface area contributed by atoms with Crippen molar-refractivity contribution in [2.24, 2.45) is 0 Å². The van der Waals surface area contributed by atoms with E-state index in [0.29, 0.717) is 0 Å². The number of rotatable bonds is 4. The molecule has 1 unspecified atom stereocenters. The highest BCUT2D eigenvalue weighted by molar-refractivity contribution is 9.10. The van der Waals surface area contributed by atoms with Gasteiger partial charge in [-0.15, -0.1) is 11.3 Å². The van der Waals surface area contributed by atoms with Gasteiger partial charge in [-0.1, -0.05) is 40.5 Å². The van der Waals surface area contributed by atoms with Crippen LogP contribution in [0.25, 0.3) is 0 Å². The lowest BCUT2D eigenvalue weighted by molar-refractivity contribution is 0.635. The molecule has 0 saturated carbocycles. The molecule has 1 atom stereocenters. The maximum Gasteiger partial charge on any atom is 0.0693 e. The molecule has 4 heteroatoms. The zero-order valence-corrected chi connectivity index (χ0v) is 14.3. The second kappa shape index (κ2) is 6.33. The summed E-state index contributed by atoms with van der Waals surface area (Å²) in [6, 6.07) is 8.83. The highest BCUT2D eigenvalue weighted by Gasteiger charge is 2.19. The third-order valence-electron chi connectivity index (χ3n) is 2.78. The second-order valence-electron chi connectivity index (χ2n) is 4.15. The fourth-order valence-electron chi connectivity index (χ4n) is 1.94. The minimum atomic E-state index is 0.235. The summed E-state index contributed by atoms with van der Waals surface area (Å²) in [7, 11) is 0. The number of benzene rings is 1. The first-order valence-corrected chi connectivity index (χ1v) is 8.32. The Morgan fingerprint density at radius 1 is 1.22 bits per heavy atom. The van der Waals surface area contributed by atoms with Gasteiger partial charge in [-0.2, -0.15) is 0 Å². The molecule has 0 spiro atoms. The minimum Gasteiger partial charge on any atom is -0.306 e. The van der Waals surface area contributed by atoms with E-state index in [-0.39, 0.29) is 6.04 Å². The van der Waals surface area contributed by atoms with Gasteiger partial charge in [-0.3, -0.25) is 0 Å². The molecule has 0 fully saturated rings. The van der Waals surface area contributed by atoms with Crippen molar-refractivity contribution >= 4 is 43.2 Å². The molecule has 0 aliphatic rings. The van der Waals surface area contributed by atoms with Crippen molar-refractivity contribution in [1.29, 1.82) is 0 Å². The number of nitrogens with one attached hydrogen (secondary N) is 1. The zero-order valence-electron chi connectivity index (χ0n) is 10.3. The van der Waals surface area contributed by atoms with Gasteiger partial charge >= 0.3 is 0 Å². The van der Waals surface area contributed by atoms with Crippen molar-refractivity contribution in [3.63, 3.8) is 0 Å². The van der Waals surface area contributed by atoms with Crippen LogP contribution in [0.2, 0.25) is 0 Å². The van der Waals surface area contributed by atoms with Crippen LogP contribution in [0.4, 0.5) is 0 Å². The Balaban J connectivity index is 2.48. The molecule has 0 aliphatic heterocycles. The van der Waals surface area contributed by atoms with E-state index in [4.69, 9.17) is 0 Å². The van der Waals surface area contributed by atoms with E-state index in [1.165, 1.54) is 20.5 Å². The number of aryl methyl sites for hydroxylation is 1. The van der Waals surface area contributed by atoms with Gasteiger partial charge in [0, 0.05) is 13.8 Å². The number of thiophene rings is 1. The van der Waals surface area contributed by atoms with Crippen LogP contribution < -0.4 is 5.32 Å². The molecule has 1 aromatic heterocycles. The Labute approximate surface area is 129 Å². The smallest absolute Gasteiger partial charge is 0.0693 e. The molecule has 1 heterocycles. The zero-order chi connectivity index (χ0) is 13.1. The van der Waals surface area contributed by atoms with E-state index < -0.39 is 0 Å². The van der Waals surface area contributed by atoms with E-state index in [0.717, 1.165) is 11.0 Å². The Bertz CT molecular complexity index is 536. The van der Waals surface area contributed by atoms with Crippen LogP contribution in [0.1, 0.15) is 29.0 Å². The highest BCUT2D eigenvalue weighted by atomic mass is 79.9. The number of hydrogen-bond donors (Lipinski definition) is 1. The van der Waals surface area contributed by atoms with E-state index in [2.05, 4.69) is 80.7 Å². The molecule has 0 saturated heterocycles. The fourth-order valence-corrected chi connectivity index (χ4v) is 4.11. The molecule has 0 radical (unpaired) electrons. The minimum absolute atomic E-state index is 0.235. The molecule has 1 nitrogen and oxygen atoms in total. The van der Waals surface area contributed by atoms with Crippen molar-refractivity contribution < 1.29 is 0 Å². The summed E-state index contributed by atoms with van der Waals surface area (Å²) in [6.07, 6.45) is 0. The molecule has 0 bridgehead atoms. The molecule has 96 valence electrons. The average Bonchev–Trinajstić information content (AvgIpc) is 2.76. The molecule has 1 aromatic carbocycles. The van der Waals surface area contributed by atoms with E-state index in [1.54, 1.807) is 11.3 Å². The molecular weight excluding hydrogens is 374 g/mol. The molecule has 2 aromatic rings. The molecule has 18 heavy (non-hydrogen) atoms. The lowest BCUT2D eigenvalue weighted by Gasteiger charge is -2.19. The fraction of sp³-hybridized carbons (Fsp3) is 0.286. The van der Waals surface area contributed by atoms with Crippen molar-refractivity contribution in [3.8, 4) is 0 Å². The largest absolute Gasteiger partial charge is 0.306 e. The van der Waals surface area contributed by atoms with Crippen LogP contribution in [0.5, 0.6) is 0 Å². The molecular formula is C14H15Br2NS. The first kappa shape index (κ1) is 14.3. The lowest BCUT2D eigenvalue weighted by atomic mass is 10.0. The van der Waals surface area contributed by atoms with Crippen LogP contribution in [0.3, 0.4) is 0 Å². The van der Waals surface area contributed by atoms with Gasteiger partial charge in [-0.25, -0.2) is 0 Å². The van der Waals surface area contributed by atoms with Gasteiger partial charge in [0.1, 0.15) is 0 Å². The molecule has 2 rings (SSSR count). The summed E-state index contributed by atoms with van der Waals surface area (Å²) in [5.74, 6) is 0. The van der Waals surface area contributed by atoms with Crippen LogP contribution in [-0.4, -0.2) is 6.54 Å². The topological polar surface area (TPSA) is 12.0 Å². The molecule has 1 N–H and O–H groups in total. The Morgan fingerprint density at radius 2 is 2.00 bits per heavy atom. The maximum atomic E-state index is 3.66. The van der Waals surface area contributed by atoms with Gasteiger partial charge in [0.05, 0.1) is 6.04 Å². The summed E-state index contributed by atoms with van der Waals surface area (Å²) in [4.78, 5) is 1.32. The van der Waals surface area contributed by atoms with Gasteiger partial charge < -0.3 is 5.32 Å². The Hall–Kier alpha value is -0.160. The van der Waals surface area contributed by atoms with Crippen molar-refractivity contribution in [3.05, 3.63) is 54.6 Å². The van der Waals surface area contributed by atoms with Gasteiger partial charge in [0.25, 0.3) is 0 Å². The number of halogens is 2. The quantitative estimate of drug-likeness (QED) is 0.751. The summed E-state index contributed by atoms with van der Waals surface area (Å²) in [6.45, 7) is 5.20. The van der Waals surface area contributed by atoms with E-state index in [9.17, 15) is 0 Å². The standard InChI is InChI=1S/C14H15Br2NS/c1-3-17-13(14-12(16)6-7-18-14)10-8-9(2)4-5-11(10)15/h4-8,13,17H,3H2,1-2H3. The average molecular weight is 389 g/mol.